The molecule has 1 aliphatic heterocycles. The van der Waals surface area contributed by atoms with Gasteiger partial charge in [0.2, 0.25) is 0 Å². The van der Waals surface area contributed by atoms with Gasteiger partial charge in [0.25, 0.3) is 0 Å². The number of unbranched alkanes of at least 4 members (excludes halogenated alkanes) is 2. The summed E-state index contributed by atoms with van der Waals surface area (Å²) in [7, 11) is 0. The molecule has 0 amide bonds. The van der Waals surface area contributed by atoms with Gasteiger partial charge in [0, 0.05) is 19.0 Å². The molecule has 1 heterocycles. The Labute approximate surface area is 177 Å². The molecule has 4 fully saturated rings. The molecule has 2 N–H and O–H groups in total. The molecule has 0 aromatic heterocycles. The summed E-state index contributed by atoms with van der Waals surface area (Å²) in [5.74, 6) is 1.90. The van der Waals surface area contributed by atoms with Crippen LogP contribution in [0.4, 0.5) is 0 Å². The van der Waals surface area contributed by atoms with Crippen LogP contribution < -0.4 is 0 Å². The molecule has 1 saturated heterocycles. The third kappa shape index (κ3) is 5.72. The van der Waals surface area contributed by atoms with Gasteiger partial charge < -0.3 is 14.9 Å². The largest absolute Gasteiger partial charge is 0.392 e. The van der Waals surface area contributed by atoms with Crippen LogP contribution in [0.25, 0.3) is 0 Å². The van der Waals surface area contributed by atoms with Gasteiger partial charge in [0.05, 0.1) is 25.4 Å². The number of allylic oxidation sites excluding steroid dienone is 2. The standard InChI is InChI=1S/C25H41NO3/c27-24(20-7-3-4-8-20)10-9-22-23-17-19(16-21(23)18-25(22)28)6-2-1-5-11-26-12-14-29-15-13-26/h6,9-10,20-25,27-28H,1-5,7-8,11-18H2/b10-9+,19-6+/t21-,22+,23-,24+,25+/m0/s1. The van der Waals surface area contributed by atoms with E-state index in [1.807, 2.05) is 6.08 Å². The monoisotopic (exact) mass is 403 g/mol. The van der Waals surface area contributed by atoms with Crippen molar-refractivity contribution in [2.75, 3.05) is 32.8 Å². The molecule has 5 atom stereocenters. The lowest BCUT2D eigenvalue weighted by Crippen LogP contribution is -2.36. The maximum absolute atomic E-state index is 10.6. The fraction of sp³-hybridized carbons (Fsp3) is 0.840. The number of rotatable bonds is 8. The molecule has 4 aliphatic rings. The predicted octanol–water partition coefficient (Wildman–Crippen LogP) is 3.93. The Morgan fingerprint density at radius 1 is 1.10 bits per heavy atom. The van der Waals surface area contributed by atoms with Crippen molar-refractivity contribution < 1.29 is 14.9 Å². The quantitative estimate of drug-likeness (QED) is 0.476. The number of nitrogens with zero attached hydrogens (tertiary/aromatic N) is 1. The highest BCUT2D eigenvalue weighted by Gasteiger charge is 2.45. The SMILES string of the molecule is O[C@H](/C=C/[C@@H]1[C@H]2C/C(=C/CCCCN3CCOCC3)C[C@H]2C[C@H]1O)C1CCCC1. The summed E-state index contributed by atoms with van der Waals surface area (Å²) in [5.41, 5.74) is 1.62. The van der Waals surface area contributed by atoms with Crippen LogP contribution in [0.1, 0.15) is 64.2 Å². The predicted molar refractivity (Wildman–Crippen MR) is 117 cm³/mol. The molecule has 29 heavy (non-hydrogen) atoms. The smallest absolute Gasteiger partial charge is 0.0749 e. The van der Waals surface area contributed by atoms with E-state index in [0.29, 0.717) is 17.8 Å². The second-order valence-corrected chi connectivity index (χ2v) is 9.94. The molecule has 0 aromatic carbocycles. The van der Waals surface area contributed by atoms with E-state index in [2.05, 4.69) is 17.1 Å². The van der Waals surface area contributed by atoms with Crippen molar-refractivity contribution in [2.45, 2.75) is 76.4 Å². The van der Waals surface area contributed by atoms with Crippen LogP contribution in [-0.2, 0) is 4.74 Å². The third-order valence-electron chi connectivity index (χ3n) is 7.99. The first-order valence-corrected chi connectivity index (χ1v) is 12.2. The first-order valence-electron chi connectivity index (χ1n) is 12.2. The number of hydrogen-bond donors (Lipinski definition) is 2. The van der Waals surface area contributed by atoms with E-state index in [0.717, 1.165) is 52.0 Å². The number of fused-ring (bicyclic) bond motifs is 1. The minimum absolute atomic E-state index is 0.216. The summed E-state index contributed by atoms with van der Waals surface area (Å²) in [6.07, 6.45) is 18.0. The van der Waals surface area contributed by atoms with Gasteiger partial charge in [-0.1, -0.05) is 36.6 Å². The molecule has 0 aromatic rings. The van der Waals surface area contributed by atoms with Crippen LogP contribution in [0.5, 0.6) is 0 Å². The molecule has 0 radical (unpaired) electrons. The van der Waals surface area contributed by atoms with E-state index in [1.165, 1.54) is 45.1 Å². The first-order chi connectivity index (χ1) is 14.2. The van der Waals surface area contributed by atoms with Gasteiger partial charge in [-0.25, -0.2) is 0 Å². The Hall–Kier alpha value is -0.680. The highest BCUT2D eigenvalue weighted by atomic mass is 16.5. The zero-order valence-corrected chi connectivity index (χ0v) is 18.1. The summed E-state index contributed by atoms with van der Waals surface area (Å²) in [6, 6.07) is 0. The summed E-state index contributed by atoms with van der Waals surface area (Å²) >= 11 is 0. The van der Waals surface area contributed by atoms with Crippen LogP contribution in [-0.4, -0.2) is 60.2 Å². The molecule has 0 unspecified atom stereocenters. The fourth-order valence-electron chi connectivity index (χ4n) is 6.25. The first kappa shape index (κ1) is 21.5. The van der Waals surface area contributed by atoms with Crippen molar-refractivity contribution in [3.05, 3.63) is 23.8 Å². The zero-order valence-electron chi connectivity index (χ0n) is 18.1. The van der Waals surface area contributed by atoms with Crippen LogP contribution in [0.2, 0.25) is 0 Å². The van der Waals surface area contributed by atoms with Gasteiger partial charge in [-0.05, 0) is 75.7 Å². The van der Waals surface area contributed by atoms with E-state index >= 15 is 0 Å². The van der Waals surface area contributed by atoms with Crippen LogP contribution in [0, 0.1) is 23.7 Å². The number of ether oxygens (including phenoxy) is 1. The summed E-state index contributed by atoms with van der Waals surface area (Å²) in [5, 5.41) is 21.0. The number of aliphatic hydroxyl groups excluding tert-OH is 2. The van der Waals surface area contributed by atoms with Crippen molar-refractivity contribution >= 4 is 0 Å². The molecule has 164 valence electrons. The minimum atomic E-state index is -0.313. The molecule has 3 aliphatic carbocycles. The van der Waals surface area contributed by atoms with E-state index in [4.69, 9.17) is 4.74 Å². The summed E-state index contributed by atoms with van der Waals surface area (Å²) in [4.78, 5) is 2.52. The lowest BCUT2D eigenvalue weighted by molar-refractivity contribution is 0.0372. The Morgan fingerprint density at radius 2 is 1.90 bits per heavy atom. The van der Waals surface area contributed by atoms with E-state index in [1.54, 1.807) is 5.57 Å². The van der Waals surface area contributed by atoms with Gasteiger partial charge in [0.1, 0.15) is 0 Å². The van der Waals surface area contributed by atoms with Gasteiger partial charge in [0.15, 0.2) is 0 Å². The molecule has 3 saturated carbocycles. The van der Waals surface area contributed by atoms with Crippen molar-refractivity contribution in [3.8, 4) is 0 Å². The molecule has 0 spiro atoms. The summed E-state index contributed by atoms with van der Waals surface area (Å²) < 4.78 is 5.42. The molecule has 4 nitrogen and oxygen atoms in total. The average molecular weight is 404 g/mol. The Balaban J connectivity index is 1.20. The van der Waals surface area contributed by atoms with Crippen LogP contribution in [0.15, 0.2) is 23.8 Å². The van der Waals surface area contributed by atoms with Crippen molar-refractivity contribution in [3.63, 3.8) is 0 Å². The normalized spacial score (nSPS) is 36.4. The summed E-state index contributed by atoms with van der Waals surface area (Å²) in [6.45, 7) is 5.19. The molecular weight excluding hydrogens is 362 g/mol. The average Bonchev–Trinajstić information content (AvgIpc) is 3.44. The fourth-order valence-corrected chi connectivity index (χ4v) is 6.25. The second kappa shape index (κ2) is 10.6. The maximum Gasteiger partial charge on any atom is 0.0749 e. The van der Waals surface area contributed by atoms with Gasteiger partial charge in [-0.3, -0.25) is 4.90 Å². The van der Waals surface area contributed by atoms with E-state index in [9.17, 15) is 10.2 Å². The number of aliphatic hydroxyl groups is 2. The molecule has 4 heteroatoms. The van der Waals surface area contributed by atoms with Crippen molar-refractivity contribution in [1.29, 1.82) is 0 Å². The highest BCUT2D eigenvalue weighted by molar-refractivity contribution is 5.18. The van der Waals surface area contributed by atoms with Gasteiger partial charge >= 0.3 is 0 Å². The number of hydrogen-bond acceptors (Lipinski definition) is 4. The topological polar surface area (TPSA) is 52.9 Å². The van der Waals surface area contributed by atoms with E-state index < -0.39 is 0 Å². The lowest BCUT2D eigenvalue weighted by atomic mass is 9.89. The maximum atomic E-state index is 10.6. The van der Waals surface area contributed by atoms with Crippen molar-refractivity contribution in [1.82, 2.24) is 4.90 Å². The van der Waals surface area contributed by atoms with Crippen molar-refractivity contribution in [2.24, 2.45) is 23.7 Å². The lowest BCUT2D eigenvalue weighted by Gasteiger charge is -2.26. The molecule has 0 bridgehead atoms. The highest BCUT2D eigenvalue weighted by Crippen LogP contribution is 2.50. The zero-order chi connectivity index (χ0) is 20.1. The van der Waals surface area contributed by atoms with Gasteiger partial charge in [-0.2, -0.15) is 0 Å². The second-order valence-electron chi connectivity index (χ2n) is 9.94. The van der Waals surface area contributed by atoms with E-state index in [-0.39, 0.29) is 18.1 Å². The Bertz CT molecular complexity index is 562. The van der Waals surface area contributed by atoms with Crippen LogP contribution >= 0.6 is 0 Å². The molecular formula is C25H41NO3. The minimum Gasteiger partial charge on any atom is -0.392 e. The Morgan fingerprint density at radius 3 is 2.69 bits per heavy atom. The number of morpholine rings is 1. The van der Waals surface area contributed by atoms with Crippen LogP contribution in [0.3, 0.4) is 0 Å². The van der Waals surface area contributed by atoms with Gasteiger partial charge in [-0.15, -0.1) is 0 Å². The molecule has 4 rings (SSSR count). The third-order valence-corrected chi connectivity index (χ3v) is 7.99. The Kier molecular flexibility index (Phi) is 7.85.